The van der Waals surface area contributed by atoms with E-state index in [4.69, 9.17) is 4.74 Å². The molecular formula is C13H13N3O4. The summed E-state index contributed by atoms with van der Waals surface area (Å²) >= 11 is 0. The van der Waals surface area contributed by atoms with Crippen molar-refractivity contribution in [2.45, 2.75) is 6.92 Å². The Kier molecular flexibility index (Phi) is 3.69. The molecule has 7 heteroatoms. The maximum absolute atomic E-state index is 12.0. The van der Waals surface area contributed by atoms with Crippen LogP contribution in [0.15, 0.2) is 24.3 Å². The van der Waals surface area contributed by atoms with Gasteiger partial charge in [-0.05, 0) is 19.1 Å². The van der Waals surface area contributed by atoms with Crippen LogP contribution in [0.3, 0.4) is 0 Å². The van der Waals surface area contributed by atoms with Crippen LogP contribution >= 0.6 is 0 Å². The minimum absolute atomic E-state index is 0.00636. The van der Waals surface area contributed by atoms with Crippen molar-refractivity contribution in [3.05, 3.63) is 35.5 Å². The number of methoxy groups -OCH3 is 1. The summed E-state index contributed by atoms with van der Waals surface area (Å²) in [7, 11) is 1.46. The molecule has 20 heavy (non-hydrogen) atoms. The fourth-order valence-corrected chi connectivity index (χ4v) is 1.58. The van der Waals surface area contributed by atoms with E-state index in [2.05, 4.69) is 15.3 Å². The Balaban J connectivity index is 2.25. The lowest BCUT2D eigenvalue weighted by atomic mass is 10.2. The lowest BCUT2D eigenvalue weighted by Gasteiger charge is -2.07. The van der Waals surface area contributed by atoms with Gasteiger partial charge in [-0.1, -0.05) is 0 Å². The van der Waals surface area contributed by atoms with Gasteiger partial charge >= 0.3 is 0 Å². The Morgan fingerprint density at radius 2 is 2.00 bits per heavy atom. The molecule has 2 rings (SSSR count). The minimum atomic E-state index is -0.588. The van der Waals surface area contributed by atoms with Crippen LogP contribution in [0.2, 0.25) is 0 Å². The summed E-state index contributed by atoms with van der Waals surface area (Å²) in [5.74, 6) is -0.660. The van der Waals surface area contributed by atoms with Crippen molar-refractivity contribution >= 4 is 11.9 Å². The van der Waals surface area contributed by atoms with Crippen LogP contribution in [0.4, 0.5) is 5.95 Å². The zero-order valence-corrected chi connectivity index (χ0v) is 10.9. The molecule has 0 aliphatic carbocycles. The molecule has 0 atom stereocenters. The van der Waals surface area contributed by atoms with Crippen LogP contribution in [-0.4, -0.2) is 33.2 Å². The molecule has 3 N–H and O–H groups in total. The number of hydrogen-bond acceptors (Lipinski definition) is 6. The first kappa shape index (κ1) is 13.6. The van der Waals surface area contributed by atoms with E-state index in [9.17, 15) is 15.0 Å². The number of carbonyl (C=O) groups is 1. The number of nitrogens with one attached hydrogen (secondary N) is 1. The fourth-order valence-electron chi connectivity index (χ4n) is 1.58. The van der Waals surface area contributed by atoms with E-state index in [-0.39, 0.29) is 23.0 Å². The molecule has 0 aliphatic heterocycles. The average molecular weight is 275 g/mol. The van der Waals surface area contributed by atoms with E-state index in [0.29, 0.717) is 11.6 Å². The van der Waals surface area contributed by atoms with E-state index >= 15 is 0 Å². The predicted octanol–water partition coefficient (Wildman–Crippen LogP) is 1.46. The van der Waals surface area contributed by atoms with Gasteiger partial charge in [-0.2, -0.15) is 4.98 Å². The van der Waals surface area contributed by atoms with Gasteiger partial charge in [0.15, 0.2) is 0 Å². The molecule has 7 nitrogen and oxygen atoms in total. The number of phenolic OH excluding ortho intramolecular Hbond substituents is 2. The van der Waals surface area contributed by atoms with Crippen LogP contribution in [0.5, 0.6) is 17.4 Å². The standard InChI is InChI=1S/C13H13N3O4/c1-7-5-11(20-2)15-13(14-7)16-12(19)9-4-3-8(17)6-10(9)18/h3-6,17-18H,1-2H3,(H,14,15,16,19). The highest BCUT2D eigenvalue weighted by molar-refractivity contribution is 6.05. The number of nitrogens with zero attached hydrogens (tertiary/aromatic N) is 2. The van der Waals surface area contributed by atoms with E-state index in [1.54, 1.807) is 13.0 Å². The maximum atomic E-state index is 12.0. The summed E-state index contributed by atoms with van der Waals surface area (Å²) in [6.45, 7) is 1.73. The second kappa shape index (κ2) is 5.43. The van der Waals surface area contributed by atoms with E-state index in [0.717, 1.165) is 6.07 Å². The van der Waals surface area contributed by atoms with E-state index in [1.165, 1.54) is 19.2 Å². The van der Waals surface area contributed by atoms with Crippen molar-refractivity contribution in [1.82, 2.24) is 9.97 Å². The summed E-state index contributed by atoms with van der Waals surface area (Å²) in [5.41, 5.74) is 0.633. The number of aromatic nitrogens is 2. The number of anilines is 1. The van der Waals surface area contributed by atoms with Gasteiger partial charge in [-0.3, -0.25) is 10.1 Å². The SMILES string of the molecule is COc1cc(C)nc(NC(=O)c2ccc(O)cc2O)n1. The predicted molar refractivity (Wildman–Crippen MR) is 71.0 cm³/mol. The maximum Gasteiger partial charge on any atom is 0.261 e. The summed E-state index contributed by atoms with van der Waals surface area (Å²) in [6.07, 6.45) is 0. The lowest BCUT2D eigenvalue weighted by Crippen LogP contribution is -2.15. The number of carbonyl (C=O) groups excluding carboxylic acids is 1. The van der Waals surface area contributed by atoms with Crippen LogP contribution in [0.25, 0.3) is 0 Å². The van der Waals surface area contributed by atoms with Crippen molar-refractivity contribution in [3.63, 3.8) is 0 Å². The quantitative estimate of drug-likeness (QED) is 0.783. The number of benzene rings is 1. The first-order valence-corrected chi connectivity index (χ1v) is 5.72. The minimum Gasteiger partial charge on any atom is -0.508 e. The van der Waals surface area contributed by atoms with E-state index < -0.39 is 5.91 Å². The molecule has 1 aromatic heterocycles. The molecule has 0 aliphatic rings. The van der Waals surface area contributed by atoms with Crippen LogP contribution < -0.4 is 10.1 Å². The Hall–Kier alpha value is -2.83. The number of phenols is 2. The molecule has 2 aromatic rings. The van der Waals surface area contributed by atoms with Crippen molar-refractivity contribution in [1.29, 1.82) is 0 Å². The first-order chi connectivity index (χ1) is 9.49. The first-order valence-electron chi connectivity index (χ1n) is 5.72. The average Bonchev–Trinajstić information content (AvgIpc) is 2.37. The number of amides is 1. The number of aromatic hydroxyl groups is 2. The number of hydrogen-bond donors (Lipinski definition) is 3. The molecule has 0 bridgehead atoms. The molecule has 0 radical (unpaired) electrons. The molecule has 1 aromatic carbocycles. The van der Waals surface area contributed by atoms with Gasteiger partial charge in [0.1, 0.15) is 11.5 Å². The number of rotatable bonds is 3. The molecule has 0 saturated heterocycles. The van der Waals surface area contributed by atoms with Crippen molar-refractivity contribution in [2.75, 3.05) is 12.4 Å². The third-order valence-corrected chi connectivity index (χ3v) is 2.49. The summed E-state index contributed by atoms with van der Waals surface area (Å²) in [5, 5.41) is 21.2. The van der Waals surface area contributed by atoms with Crippen molar-refractivity contribution in [3.8, 4) is 17.4 Å². The molecule has 1 amide bonds. The monoisotopic (exact) mass is 275 g/mol. The van der Waals surface area contributed by atoms with Gasteiger partial charge in [0.2, 0.25) is 11.8 Å². The van der Waals surface area contributed by atoms with Gasteiger partial charge in [0, 0.05) is 17.8 Å². The fraction of sp³-hybridized carbons (Fsp3) is 0.154. The molecule has 0 fully saturated rings. The summed E-state index contributed by atoms with van der Waals surface area (Å²) in [4.78, 5) is 20.0. The summed E-state index contributed by atoms with van der Waals surface area (Å²) in [6, 6.07) is 5.29. The second-order valence-corrected chi connectivity index (χ2v) is 4.03. The molecule has 1 heterocycles. The molecule has 0 spiro atoms. The molecule has 104 valence electrons. The second-order valence-electron chi connectivity index (χ2n) is 4.03. The topological polar surface area (TPSA) is 105 Å². The third-order valence-electron chi connectivity index (χ3n) is 2.49. The van der Waals surface area contributed by atoms with Gasteiger partial charge in [0.25, 0.3) is 5.91 Å². The Morgan fingerprint density at radius 3 is 2.65 bits per heavy atom. The van der Waals surface area contributed by atoms with Gasteiger partial charge in [-0.15, -0.1) is 0 Å². The molecule has 0 unspecified atom stereocenters. The van der Waals surface area contributed by atoms with Gasteiger partial charge in [-0.25, -0.2) is 4.98 Å². The lowest BCUT2D eigenvalue weighted by molar-refractivity contribution is 0.102. The van der Waals surface area contributed by atoms with Gasteiger partial charge in [0.05, 0.1) is 12.7 Å². The summed E-state index contributed by atoms with van der Waals surface area (Å²) < 4.78 is 4.98. The van der Waals surface area contributed by atoms with Crippen molar-refractivity contribution < 1.29 is 19.7 Å². The number of ether oxygens (including phenoxy) is 1. The van der Waals surface area contributed by atoms with Crippen LogP contribution in [-0.2, 0) is 0 Å². The Morgan fingerprint density at radius 1 is 1.25 bits per heavy atom. The van der Waals surface area contributed by atoms with E-state index in [1.807, 2.05) is 0 Å². The van der Waals surface area contributed by atoms with Crippen LogP contribution in [0.1, 0.15) is 16.1 Å². The highest BCUT2D eigenvalue weighted by Gasteiger charge is 2.14. The zero-order chi connectivity index (χ0) is 14.7. The third kappa shape index (κ3) is 2.94. The highest BCUT2D eigenvalue weighted by atomic mass is 16.5. The highest BCUT2D eigenvalue weighted by Crippen LogP contribution is 2.23. The zero-order valence-electron chi connectivity index (χ0n) is 10.9. The Labute approximate surface area is 114 Å². The van der Waals surface area contributed by atoms with Crippen molar-refractivity contribution in [2.24, 2.45) is 0 Å². The number of aryl methyl sites for hydroxylation is 1. The molecular weight excluding hydrogens is 262 g/mol. The largest absolute Gasteiger partial charge is 0.508 e. The normalized spacial score (nSPS) is 10.1. The van der Waals surface area contributed by atoms with Crippen LogP contribution in [0, 0.1) is 6.92 Å². The Bertz CT molecular complexity index is 658. The van der Waals surface area contributed by atoms with Gasteiger partial charge < -0.3 is 14.9 Å². The smallest absolute Gasteiger partial charge is 0.261 e. The molecule has 0 saturated carbocycles.